The van der Waals surface area contributed by atoms with Crippen molar-refractivity contribution in [3.05, 3.63) is 29.3 Å². The molecule has 1 aromatic carbocycles. The molecule has 92 valence electrons. The summed E-state index contributed by atoms with van der Waals surface area (Å²) in [5, 5.41) is 8.65. The summed E-state index contributed by atoms with van der Waals surface area (Å²) in [6.45, 7) is 3.24. The summed E-state index contributed by atoms with van der Waals surface area (Å²) in [4.78, 5) is 0. The van der Waals surface area contributed by atoms with Crippen LogP contribution in [0.2, 0.25) is 0 Å². The van der Waals surface area contributed by atoms with Gasteiger partial charge < -0.3 is 14.6 Å². The normalized spacial score (nSPS) is 9.59. The van der Waals surface area contributed by atoms with Crippen LogP contribution in [0.4, 0.5) is 0 Å². The summed E-state index contributed by atoms with van der Waals surface area (Å²) in [5.41, 5.74) is 1.90. The SMILES string of the molecule is CCOCc1cc(C#CCCO)ccc1OC. The summed E-state index contributed by atoms with van der Waals surface area (Å²) < 4.78 is 10.6. The number of hydrogen-bond acceptors (Lipinski definition) is 3. The molecule has 3 heteroatoms. The molecule has 1 aromatic rings. The topological polar surface area (TPSA) is 38.7 Å². The third-order valence-electron chi connectivity index (χ3n) is 2.21. The third-order valence-corrected chi connectivity index (χ3v) is 2.21. The molecule has 0 aliphatic carbocycles. The van der Waals surface area contributed by atoms with Gasteiger partial charge in [0.2, 0.25) is 0 Å². The van der Waals surface area contributed by atoms with E-state index in [4.69, 9.17) is 14.6 Å². The number of benzene rings is 1. The number of hydrogen-bond donors (Lipinski definition) is 1. The maximum Gasteiger partial charge on any atom is 0.124 e. The quantitative estimate of drug-likeness (QED) is 0.792. The van der Waals surface area contributed by atoms with Crippen LogP contribution in [0, 0.1) is 11.8 Å². The molecular formula is C14H18O3. The van der Waals surface area contributed by atoms with Crippen LogP contribution in [0.5, 0.6) is 5.75 Å². The first kappa shape index (κ1) is 13.6. The van der Waals surface area contributed by atoms with Crippen LogP contribution in [0.25, 0.3) is 0 Å². The van der Waals surface area contributed by atoms with E-state index in [9.17, 15) is 0 Å². The van der Waals surface area contributed by atoms with Gasteiger partial charge in [0.15, 0.2) is 0 Å². The van der Waals surface area contributed by atoms with Crippen LogP contribution >= 0.6 is 0 Å². The fourth-order valence-corrected chi connectivity index (χ4v) is 1.40. The van der Waals surface area contributed by atoms with Crippen LogP contribution in [-0.4, -0.2) is 25.4 Å². The first-order valence-electron chi connectivity index (χ1n) is 5.66. The van der Waals surface area contributed by atoms with E-state index in [1.807, 2.05) is 25.1 Å². The van der Waals surface area contributed by atoms with Gasteiger partial charge in [-0.3, -0.25) is 0 Å². The van der Waals surface area contributed by atoms with Gasteiger partial charge in [-0.2, -0.15) is 0 Å². The van der Waals surface area contributed by atoms with E-state index >= 15 is 0 Å². The van der Waals surface area contributed by atoms with Crippen LogP contribution in [0.15, 0.2) is 18.2 Å². The molecule has 17 heavy (non-hydrogen) atoms. The second-order valence-electron chi connectivity index (χ2n) is 3.44. The van der Waals surface area contributed by atoms with E-state index in [1.54, 1.807) is 7.11 Å². The smallest absolute Gasteiger partial charge is 0.124 e. The maximum absolute atomic E-state index is 8.65. The van der Waals surface area contributed by atoms with E-state index in [0.29, 0.717) is 19.6 Å². The molecule has 0 spiro atoms. The Balaban J connectivity index is 2.85. The lowest BCUT2D eigenvalue weighted by Crippen LogP contribution is -1.96. The monoisotopic (exact) mass is 234 g/mol. The number of aliphatic hydroxyl groups is 1. The maximum atomic E-state index is 8.65. The minimum Gasteiger partial charge on any atom is -0.496 e. The second kappa shape index (κ2) is 7.72. The van der Waals surface area contributed by atoms with Crippen molar-refractivity contribution in [3.63, 3.8) is 0 Å². The van der Waals surface area contributed by atoms with Crippen LogP contribution in [-0.2, 0) is 11.3 Å². The zero-order chi connectivity index (χ0) is 12.5. The zero-order valence-electron chi connectivity index (χ0n) is 10.3. The predicted molar refractivity (Wildman–Crippen MR) is 66.9 cm³/mol. The lowest BCUT2D eigenvalue weighted by atomic mass is 10.1. The van der Waals surface area contributed by atoms with Gasteiger partial charge in [-0.1, -0.05) is 11.8 Å². The highest BCUT2D eigenvalue weighted by Crippen LogP contribution is 2.20. The average molecular weight is 234 g/mol. The van der Waals surface area contributed by atoms with Crippen molar-refractivity contribution in [2.24, 2.45) is 0 Å². The molecule has 0 amide bonds. The van der Waals surface area contributed by atoms with Gasteiger partial charge in [0.05, 0.1) is 20.3 Å². The van der Waals surface area contributed by atoms with Gasteiger partial charge in [-0.15, -0.1) is 0 Å². The summed E-state index contributed by atoms with van der Waals surface area (Å²) in [7, 11) is 1.64. The van der Waals surface area contributed by atoms with E-state index in [-0.39, 0.29) is 6.61 Å². The highest BCUT2D eigenvalue weighted by molar-refractivity contribution is 5.43. The fraction of sp³-hybridized carbons (Fsp3) is 0.429. The molecule has 0 heterocycles. The largest absolute Gasteiger partial charge is 0.496 e. The molecule has 0 bridgehead atoms. The summed E-state index contributed by atoms with van der Waals surface area (Å²) >= 11 is 0. The molecule has 0 aliphatic heterocycles. The van der Waals surface area contributed by atoms with Crippen molar-refractivity contribution >= 4 is 0 Å². The van der Waals surface area contributed by atoms with Crippen LogP contribution in [0.3, 0.4) is 0 Å². The molecule has 0 atom stereocenters. The molecule has 0 unspecified atom stereocenters. The number of methoxy groups -OCH3 is 1. The predicted octanol–water partition coefficient (Wildman–Crippen LogP) is 1.97. The van der Waals surface area contributed by atoms with E-state index in [2.05, 4.69) is 11.8 Å². The van der Waals surface area contributed by atoms with Crippen molar-refractivity contribution < 1.29 is 14.6 Å². The average Bonchev–Trinajstić information content (AvgIpc) is 2.37. The molecule has 1 N–H and O–H groups in total. The lowest BCUT2D eigenvalue weighted by molar-refractivity contribution is 0.132. The Kier molecular flexibility index (Phi) is 6.16. The van der Waals surface area contributed by atoms with Gasteiger partial charge in [-0.05, 0) is 25.1 Å². The molecule has 1 rings (SSSR count). The molecular weight excluding hydrogens is 216 g/mol. The number of aliphatic hydroxyl groups excluding tert-OH is 1. The number of ether oxygens (including phenoxy) is 2. The van der Waals surface area contributed by atoms with Gasteiger partial charge in [-0.25, -0.2) is 0 Å². The Labute approximate surface area is 102 Å². The van der Waals surface area contributed by atoms with E-state index < -0.39 is 0 Å². The third kappa shape index (κ3) is 4.48. The van der Waals surface area contributed by atoms with E-state index in [0.717, 1.165) is 16.9 Å². The molecule has 0 aliphatic rings. The molecule has 0 saturated carbocycles. The van der Waals surface area contributed by atoms with Crippen LogP contribution < -0.4 is 4.74 Å². The number of rotatable bonds is 5. The molecule has 3 nitrogen and oxygen atoms in total. The Morgan fingerprint density at radius 1 is 1.35 bits per heavy atom. The first-order valence-corrected chi connectivity index (χ1v) is 5.66. The Morgan fingerprint density at radius 3 is 2.82 bits per heavy atom. The van der Waals surface area contributed by atoms with Crippen molar-refractivity contribution in [3.8, 4) is 17.6 Å². The Morgan fingerprint density at radius 2 is 2.18 bits per heavy atom. The van der Waals surface area contributed by atoms with Gasteiger partial charge >= 0.3 is 0 Å². The minimum atomic E-state index is 0.0922. The summed E-state index contributed by atoms with van der Waals surface area (Å²) in [6.07, 6.45) is 0.493. The lowest BCUT2D eigenvalue weighted by Gasteiger charge is -2.08. The molecule has 0 saturated heterocycles. The van der Waals surface area contributed by atoms with Gasteiger partial charge in [0, 0.05) is 24.2 Å². The van der Waals surface area contributed by atoms with E-state index in [1.165, 1.54) is 0 Å². The van der Waals surface area contributed by atoms with Gasteiger partial charge in [0.25, 0.3) is 0 Å². The Hall–Kier alpha value is -1.50. The first-order chi connectivity index (χ1) is 8.31. The minimum absolute atomic E-state index is 0.0922. The van der Waals surface area contributed by atoms with Gasteiger partial charge in [0.1, 0.15) is 5.75 Å². The second-order valence-corrected chi connectivity index (χ2v) is 3.44. The molecule has 0 fully saturated rings. The summed E-state index contributed by atoms with van der Waals surface area (Å²) in [6, 6.07) is 5.74. The highest BCUT2D eigenvalue weighted by Gasteiger charge is 2.03. The fourth-order valence-electron chi connectivity index (χ4n) is 1.40. The molecule has 0 aromatic heterocycles. The Bertz CT molecular complexity index is 402. The van der Waals surface area contributed by atoms with Crippen molar-refractivity contribution in [1.29, 1.82) is 0 Å². The van der Waals surface area contributed by atoms with Crippen molar-refractivity contribution in [2.45, 2.75) is 20.0 Å². The standard InChI is InChI=1S/C14H18O3/c1-3-17-11-13-10-12(6-4-5-9-15)7-8-14(13)16-2/h7-8,10,15H,3,5,9,11H2,1-2H3. The highest BCUT2D eigenvalue weighted by atomic mass is 16.5. The van der Waals surface area contributed by atoms with Crippen LogP contribution in [0.1, 0.15) is 24.5 Å². The molecule has 0 radical (unpaired) electrons. The zero-order valence-corrected chi connectivity index (χ0v) is 10.3. The van der Waals surface area contributed by atoms with Crippen molar-refractivity contribution in [2.75, 3.05) is 20.3 Å². The van der Waals surface area contributed by atoms with Crippen molar-refractivity contribution in [1.82, 2.24) is 0 Å². The summed E-state index contributed by atoms with van der Waals surface area (Å²) in [5.74, 6) is 6.69.